The second-order valence-electron chi connectivity index (χ2n) is 7.36. The Morgan fingerprint density at radius 2 is 1.55 bits per heavy atom. The van der Waals surface area contributed by atoms with Crippen LogP contribution in [0.1, 0.15) is 17.0 Å². The number of benzene rings is 1. The molecule has 2 amide bonds. The minimum absolute atomic E-state index is 0.0492. The molecule has 152 valence electrons. The van der Waals surface area contributed by atoms with Crippen LogP contribution in [0.3, 0.4) is 0 Å². The first-order valence-corrected chi connectivity index (χ1v) is 9.25. The van der Waals surface area contributed by atoms with Crippen molar-refractivity contribution in [3.05, 3.63) is 61.3 Å². The number of rotatable bonds is 1. The molecule has 9 nitrogen and oxygen atoms in total. The van der Waals surface area contributed by atoms with E-state index >= 15 is 0 Å². The molecule has 1 spiro atoms. The predicted molar refractivity (Wildman–Crippen MR) is 104 cm³/mol. The lowest BCUT2D eigenvalue weighted by molar-refractivity contribution is -0.172. The molecule has 0 aliphatic carbocycles. The number of likely N-dealkylation sites (N-methyl/N-ethyl adjacent to an activating group) is 2. The highest BCUT2D eigenvalue weighted by molar-refractivity contribution is 6.31. The van der Waals surface area contributed by atoms with E-state index in [2.05, 4.69) is 0 Å². The minimum Gasteiger partial charge on any atom is -0.450 e. The fourth-order valence-corrected chi connectivity index (χ4v) is 4.40. The number of aromatic nitrogens is 2. The van der Waals surface area contributed by atoms with Gasteiger partial charge in [0.2, 0.25) is 5.88 Å². The van der Waals surface area contributed by atoms with E-state index < -0.39 is 34.6 Å². The standard InChI is InChI=1S/C19H19ClN4O5/c1-21-9-22(2)17(27)19(16(21)26)13(10-7-5-6-8-11(10)20)12-14(25)23(3)18(28)24(4)15(12)29-19/h5-8,13H,9H2,1-4H3. The Balaban J connectivity index is 2.15. The van der Waals surface area contributed by atoms with Crippen LogP contribution in [-0.2, 0) is 23.7 Å². The average molecular weight is 419 g/mol. The van der Waals surface area contributed by atoms with Crippen molar-refractivity contribution < 1.29 is 14.3 Å². The first kappa shape index (κ1) is 19.3. The molecule has 1 aromatic heterocycles. The summed E-state index contributed by atoms with van der Waals surface area (Å²) < 4.78 is 8.04. The first-order valence-electron chi connectivity index (χ1n) is 8.87. The summed E-state index contributed by atoms with van der Waals surface area (Å²) in [5, 5.41) is 0.278. The van der Waals surface area contributed by atoms with Crippen molar-refractivity contribution in [3.63, 3.8) is 0 Å². The topological polar surface area (TPSA) is 93.8 Å². The summed E-state index contributed by atoms with van der Waals surface area (Å²) in [6.45, 7) is 0.0747. The summed E-state index contributed by atoms with van der Waals surface area (Å²) in [6, 6.07) is 6.66. The Bertz CT molecular complexity index is 1160. The van der Waals surface area contributed by atoms with Gasteiger partial charge in [0.05, 0.1) is 18.2 Å². The molecular weight excluding hydrogens is 400 g/mol. The van der Waals surface area contributed by atoms with Gasteiger partial charge in [-0.15, -0.1) is 0 Å². The van der Waals surface area contributed by atoms with Gasteiger partial charge in [0.25, 0.3) is 23.0 Å². The van der Waals surface area contributed by atoms with Gasteiger partial charge in [-0.3, -0.25) is 23.5 Å². The number of ether oxygens (including phenoxy) is 1. The van der Waals surface area contributed by atoms with Crippen molar-refractivity contribution >= 4 is 23.4 Å². The number of fused-ring (bicyclic) bond motifs is 1. The molecule has 4 rings (SSSR count). The molecule has 1 fully saturated rings. The highest BCUT2D eigenvalue weighted by Gasteiger charge is 2.66. The summed E-state index contributed by atoms with van der Waals surface area (Å²) in [7, 11) is 5.84. The molecule has 0 bridgehead atoms. The van der Waals surface area contributed by atoms with E-state index in [1.165, 1.54) is 23.9 Å². The smallest absolute Gasteiger partial charge is 0.333 e. The Labute approximate surface area is 170 Å². The van der Waals surface area contributed by atoms with E-state index in [9.17, 15) is 19.2 Å². The molecule has 1 unspecified atom stereocenters. The molecule has 2 aromatic rings. The maximum Gasteiger partial charge on any atom is 0.333 e. The van der Waals surface area contributed by atoms with E-state index in [0.717, 1.165) is 9.13 Å². The van der Waals surface area contributed by atoms with E-state index in [-0.39, 0.29) is 23.1 Å². The highest BCUT2D eigenvalue weighted by Crippen LogP contribution is 2.50. The van der Waals surface area contributed by atoms with Crippen molar-refractivity contribution in [2.24, 2.45) is 14.1 Å². The van der Waals surface area contributed by atoms with Gasteiger partial charge < -0.3 is 14.5 Å². The maximum atomic E-state index is 13.4. The quantitative estimate of drug-likeness (QED) is 0.602. The van der Waals surface area contributed by atoms with Gasteiger partial charge in [0.1, 0.15) is 0 Å². The maximum absolute atomic E-state index is 13.4. The third-order valence-electron chi connectivity index (χ3n) is 5.57. The number of halogens is 1. The molecule has 1 saturated heterocycles. The molecule has 0 radical (unpaired) electrons. The van der Waals surface area contributed by atoms with E-state index in [0.29, 0.717) is 5.56 Å². The van der Waals surface area contributed by atoms with Crippen LogP contribution in [0, 0.1) is 0 Å². The Morgan fingerprint density at radius 3 is 2.14 bits per heavy atom. The van der Waals surface area contributed by atoms with Crippen LogP contribution in [-0.4, -0.2) is 57.1 Å². The van der Waals surface area contributed by atoms with Crippen LogP contribution in [0.25, 0.3) is 0 Å². The van der Waals surface area contributed by atoms with Crippen molar-refractivity contribution in [1.29, 1.82) is 0 Å². The van der Waals surface area contributed by atoms with Crippen LogP contribution >= 0.6 is 11.6 Å². The minimum atomic E-state index is -2.06. The van der Waals surface area contributed by atoms with Gasteiger partial charge in [-0.25, -0.2) is 4.79 Å². The van der Waals surface area contributed by atoms with Crippen molar-refractivity contribution in [2.45, 2.75) is 11.5 Å². The third kappa shape index (κ3) is 2.33. The normalized spacial score (nSPS) is 20.2. The average Bonchev–Trinajstić information content (AvgIpc) is 3.05. The highest BCUT2D eigenvalue weighted by atomic mass is 35.5. The third-order valence-corrected chi connectivity index (χ3v) is 5.91. The van der Waals surface area contributed by atoms with Gasteiger partial charge in [-0.05, 0) is 11.6 Å². The second-order valence-corrected chi connectivity index (χ2v) is 7.77. The molecule has 0 saturated carbocycles. The Morgan fingerprint density at radius 1 is 0.966 bits per heavy atom. The molecule has 29 heavy (non-hydrogen) atoms. The Kier molecular flexibility index (Phi) is 4.13. The zero-order valence-electron chi connectivity index (χ0n) is 16.3. The number of nitrogens with zero attached hydrogens (tertiary/aromatic N) is 4. The van der Waals surface area contributed by atoms with Gasteiger partial charge in [0.15, 0.2) is 0 Å². The fourth-order valence-electron chi connectivity index (χ4n) is 4.16. The molecular formula is C19H19ClN4O5. The van der Waals surface area contributed by atoms with Crippen molar-refractivity contribution in [1.82, 2.24) is 18.9 Å². The fraction of sp³-hybridized carbons (Fsp3) is 0.368. The SMILES string of the molecule is CN1CN(C)C(=O)C2(Oc3c(c(=O)n(C)c(=O)n3C)C2c2ccccc2Cl)C1=O. The number of amides is 2. The largest absolute Gasteiger partial charge is 0.450 e. The molecule has 2 aliphatic rings. The lowest BCUT2D eigenvalue weighted by Gasteiger charge is -2.43. The Hall–Kier alpha value is -3.07. The number of carbonyl (C=O) groups is 2. The van der Waals surface area contributed by atoms with Gasteiger partial charge in [-0.1, -0.05) is 29.8 Å². The summed E-state index contributed by atoms with van der Waals surface area (Å²) >= 11 is 6.42. The zero-order chi connectivity index (χ0) is 21.2. The summed E-state index contributed by atoms with van der Waals surface area (Å²) in [5.74, 6) is -2.41. The van der Waals surface area contributed by atoms with Gasteiger partial charge in [0, 0.05) is 33.2 Å². The monoisotopic (exact) mass is 418 g/mol. The molecule has 10 heteroatoms. The summed E-state index contributed by atoms with van der Waals surface area (Å²) in [5.41, 5.74) is -2.88. The number of carbonyl (C=O) groups excluding carboxylic acids is 2. The van der Waals surface area contributed by atoms with Gasteiger partial charge >= 0.3 is 5.69 Å². The molecule has 0 N–H and O–H groups in total. The molecule has 3 heterocycles. The van der Waals surface area contributed by atoms with E-state index in [1.54, 1.807) is 38.4 Å². The van der Waals surface area contributed by atoms with Crippen LogP contribution in [0.4, 0.5) is 0 Å². The van der Waals surface area contributed by atoms with Crippen molar-refractivity contribution in [3.8, 4) is 5.88 Å². The lowest BCUT2D eigenvalue weighted by atomic mass is 9.77. The summed E-state index contributed by atoms with van der Waals surface area (Å²) in [4.78, 5) is 55.0. The number of hydrogen-bond acceptors (Lipinski definition) is 5. The number of hydrogen-bond donors (Lipinski definition) is 0. The van der Waals surface area contributed by atoms with Crippen LogP contribution in [0.2, 0.25) is 5.02 Å². The van der Waals surface area contributed by atoms with E-state index in [1.807, 2.05) is 0 Å². The van der Waals surface area contributed by atoms with Gasteiger partial charge in [-0.2, -0.15) is 0 Å². The zero-order valence-corrected chi connectivity index (χ0v) is 17.1. The van der Waals surface area contributed by atoms with Crippen LogP contribution in [0.15, 0.2) is 33.9 Å². The first-order chi connectivity index (χ1) is 13.6. The van der Waals surface area contributed by atoms with Crippen LogP contribution in [0.5, 0.6) is 5.88 Å². The second kappa shape index (κ2) is 6.21. The van der Waals surface area contributed by atoms with Crippen LogP contribution < -0.4 is 16.0 Å². The molecule has 1 atom stereocenters. The molecule has 1 aromatic carbocycles. The van der Waals surface area contributed by atoms with Crippen molar-refractivity contribution in [2.75, 3.05) is 20.8 Å². The summed E-state index contributed by atoms with van der Waals surface area (Å²) in [6.07, 6.45) is 0. The predicted octanol–water partition coefficient (Wildman–Crippen LogP) is -0.112. The lowest BCUT2D eigenvalue weighted by Crippen LogP contribution is -2.68. The van der Waals surface area contributed by atoms with E-state index in [4.69, 9.17) is 16.3 Å². The molecule has 2 aliphatic heterocycles.